The van der Waals surface area contributed by atoms with Crippen LogP contribution in [0.4, 0.5) is 22.0 Å². The lowest BCUT2D eigenvalue weighted by atomic mass is 9.97. The standard InChI is InChI=1S/C27H21F5O2/c1-2-33-21-10-7-17(8-11-21)19-9-12-22-20(15-19)6-5-18(25(22)30)4-3-16-13-23(28)26(24(29)14-16)34-27(31)32/h5-15,27H,2-4H2,1H3. The average molecular weight is 472 g/mol. The summed E-state index contributed by atoms with van der Waals surface area (Å²) in [7, 11) is 0. The molecule has 4 rings (SSSR count). The minimum absolute atomic E-state index is 0.121. The summed E-state index contributed by atoms with van der Waals surface area (Å²) in [6, 6.07) is 18.3. The van der Waals surface area contributed by atoms with Crippen molar-refractivity contribution < 1.29 is 31.4 Å². The number of halogens is 5. The molecule has 7 heteroatoms. The number of ether oxygens (including phenoxy) is 2. The van der Waals surface area contributed by atoms with Gasteiger partial charge in [0.25, 0.3) is 0 Å². The van der Waals surface area contributed by atoms with Crippen molar-refractivity contribution in [2.75, 3.05) is 6.61 Å². The SMILES string of the molecule is CCOc1ccc(-c2ccc3c(F)c(CCc4cc(F)c(OC(F)F)c(F)c4)ccc3c2)cc1. The van der Waals surface area contributed by atoms with E-state index in [4.69, 9.17) is 4.74 Å². The molecule has 4 aromatic carbocycles. The number of hydrogen-bond donors (Lipinski definition) is 0. The molecule has 0 atom stereocenters. The van der Waals surface area contributed by atoms with Gasteiger partial charge in [-0.3, -0.25) is 0 Å². The van der Waals surface area contributed by atoms with Gasteiger partial charge in [-0.15, -0.1) is 0 Å². The lowest BCUT2D eigenvalue weighted by Gasteiger charge is -2.11. The van der Waals surface area contributed by atoms with E-state index < -0.39 is 29.8 Å². The Morgan fingerprint density at radius 3 is 2.09 bits per heavy atom. The van der Waals surface area contributed by atoms with E-state index in [1.54, 1.807) is 18.2 Å². The first kappa shape index (κ1) is 23.5. The summed E-state index contributed by atoms with van der Waals surface area (Å²) in [5.74, 6) is -3.21. The number of hydrogen-bond acceptors (Lipinski definition) is 2. The summed E-state index contributed by atoms with van der Waals surface area (Å²) >= 11 is 0. The average Bonchev–Trinajstić information content (AvgIpc) is 2.81. The molecule has 0 radical (unpaired) electrons. The Hall–Kier alpha value is -3.61. The van der Waals surface area contributed by atoms with E-state index >= 15 is 4.39 Å². The Balaban J connectivity index is 1.53. The highest BCUT2D eigenvalue weighted by molar-refractivity contribution is 5.88. The zero-order chi connectivity index (χ0) is 24.2. The molecule has 0 aromatic heterocycles. The first-order valence-corrected chi connectivity index (χ1v) is 10.7. The van der Waals surface area contributed by atoms with Crippen molar-refractivity contribution in [2.24, 2.45) is 0 Å². The largest absolute Gasteiger partial charge is 0.494 e. The maximum absolute atomic E-state index is 15.1. The van der Waals surface area contributed by atoms with Crippen LogP contribution < -0.4 is 9.47 Å². The maximum Gasteiger partial charge on any atom is 0.387 e. The molecule has 2 nitrogen and oxygen atoms in total. The van der Waals surface area contributed by atoms with Crippen molar-refractivity contribution in [2.45, 2.75) is 26.4 Å². The van der Waals surface area contributed by atoms with Gasteiger partial charge in [-0.25, -0.2) is 13.2 Å². The first-order chi connectivity index (χ1) is 16.4. The summed E-state index contributed by atoms with van der Waals surface area (Å²) in [5, 5.41) is 1.16. The molecule has 0 spiro atoms. The highest BCUT2D eigenvalue weighted by Gasteiger charge is 2.17. The predicted octanol–water partition coefficient (Wildman–Crippen LogP) is 7.71. The number of benzene rings is 4. The van der Waals surface area contributed by atoms with Crippen LogP contribution >= 0.6 is 0 Å². The van der Waals surface area contributed by atoms with Crippen molar-refractivity contribution in [1.29, 1.82) is 0 Å². The highest BCUT2D eigenvalue weighted by Crippen LogP contribution is 2.30. The molecule has 0 saturated carbocycles. The van der Waals surface area contributed by atoms with Crippen LogP contribution in [0.3, 0.4) is 0 Å². The Labute approximate surface area is 193 Å². The molecular formula is C27H21F5O2. The second-order valence-electron chi connectivity index (χ2n) is 7.70. The minimum atomic E-state index is -3.34. The Kier molecular flexibility index (Phi) is 7.01. The summed E-state index contributed by atoms with van der Waals surface area (Å²) < 4.78 is 76.9. The van der Waals surface area contributed by atoms with Crippen molar-refractivity contribution in [1.82, 2.24) is 0 Å². The first-order valence-electron chi connectivity index (χ1n) is 10.7. The molecule has 0 aliphatic rings. The maximum atomic E-state index is 15.1. The zero-order valence-corrected chi connectivity index (χ0v) is 18.3. The van der Waals surface area contributed by atoms with Crippen LogP contribution in [0.25, 0.3) is 21.9 Å². The molecule has 4 aromatic rings. The lowest BCUT2D eigenvalue weighted by Crippen LogP contribution is -2.06. The van der Waals surface area contributed by atoms with Crippen molar-refractivity contribution in [3.63, 3.8) is 0 Å². The lowest BCUT2D eigenvalue weighted by molar-refractivity contribution is -0.0546. The van der Waals surface area contributed by atoms with Crippen LogP contribution in [0.15, 0.2) is 66.7 Å². The monoisotopic (exact) mass is 472 g/mol. The molecule has 34 heavy (non-hydrogen) atoms. The van der Waals surface area contributed by atoms with Gasteiger partial charge in [-0.2, -0.15) is 8.78 Å². The Morgan fingerprint density at radius 1 is 0.765 bits per heavy atom. The van der Waals surface area contributed by atoms with E-state index in [1.807, 2.05) is 43.3 Å². The topological polar surface area (TPSA) is 18.5 Å². The van der Waals surface area contributed by atoms with Gasteiger partial charge in [0.15, 0.2) is 17.4 Å². The zero-order valence-electron chi connectivity index (χ0n) is 18.3. The van der Waals surface area contributed by atoms with E-state index in [9.17, 15) is 17.6 Å². The van der Waals surface area contributed by atoms with E-state index in [0.29, 0.717) is 17.6 Å². The summed E-state index contributed by atoms with van der Waals surface area (Å²) in [5.41, 5.74) is 2.50. The fourth-order valence-corrected chi connectivity index (χ4v) is 3.86. The van der Waals surface area contributed by atoms with E-state index in [0.717, 1.165) is 34.4 Å². The number of alkyl halides is 2. The molecule has 0 bridgehead atoms. The molecule has 0 heterocycles. The third-order valence-corrected chi connectivity index (χ3v) is 5.48. The van der Waals surface area contributed by atoms with Gasteiger partial charge < -0.3 is 9.47 Å². The smallest absolute Gasteiger partial charge is 0.387 e. The quantitative estimate of drug-likeness (QED) is 0.245. The summed E-state index contributed by atoms with van der Waals surface area (Å²) in [6.07, 6.45) is 0.297. The third kappa shape index (κ3) is 5.14. The van der Waals surface area contributed by atoms with E-state index in [2.05, 4.69) is 4.74 Å². The molecule has 0 aliphatic heterocycles. The molecule has 0 fully saturated rings. The van der Waals surface area contributed by atoms with Gasteiger partial charge in [-0.1, -0.05) is 36.4 Å². The normalized spacial score (nSPS) is 11.3. The van der Waals surface area contributed by atoms with Gasteiger partial charge in [0, 0.05) is 5.39 Å². The summed E-state index contributed by atoms with van der Waals surface area (Å²) in [6.45, 7) is -0.839. The predicted molar refractivity (Wildman–Crippen MR) is 121 cm³/mol. The van der Waals surface area contributed by atoms with Crippen LogP contribution in [0, 0.1) is 17.5 Å². The molecule has 0 amide bonds. The van der Waals surface area contributed by atoms with Crippen molar-refractivity contribution in [3.05, 3.63) is 95.3 Å². The third-order valence-electron chi connectivity index (χ3n) is 5.48. The second kappa shape index (κ2) is 10.1. The number of aryl methyl sites for hydroxylation is 2. The molecule has 0 N–H and O–H groups in total. The van der Waals surface area contributed by atoms with Crippen LogP contribution in [-0.2, 0) is 12.8 Å². The number of rotatable bonds is 8. The summed E-state index contributed by atoms with van der Waals surface area (Å²) in [4.78, 5) is 0. The van der Waals surface area contributed by atoms with Crippen LogP contribution in [0.2, 0.25) is 0 Å². The van der Waals surface area contributed by atoms with Gasteiger partial charge in [-0.05, 0) is 77.7 Å². The molecule has 0 saturated heterocycles. The van der Waals surface area contributed by atoms with Crippen LogP contribution in [-0.4, -0.2) is 13.2 Å². The van der Waals surface area contributed by atoms with Gasteiger partial charge in [0.2, 0.25) is 0 Å². The Bertz CT molecular complexity index is 1280. The highest BCUT2D eigenvalue weighted by atomic mass is 19.3. The minimum Gasteiger partial charge on any atom is -0.494 e. The van der Waals surface area contributed by atoms with Crippen molar-refractivity contribution in [3.8, 4) is 22.6 Å². The fourth-order valence-electron chi connectivity index (χ4n) is 3.86. The van der Waals surface area contributed by atoms with Gasteiger partial charge in [0.05, 0.1) is 6.61 Å². The second-order valence-corrected chi connectivity index (χ2v) is 7.70. The Morgan fingerprint density at radius 2 is 1.44 bits per heavy atom. The molecule has 0 unspecified atom stereocenters. The van der Waals surface area contributed by atoms with Crippen LogP contribution in [0.1, 0.15) is 18.1 Å². The van der Waals surface area contributed by atoms with Gasteiger partial charge in [0.1, 0.15) is 11.6 Å². The van der Waals surface area contributed by atoms with Gasteiger partial charge >= 0.3 is 6.61 Å². The van der Waals surface area contributed by atoms with Crippen molar-refractivity contribution >= 4 is 10.8 Å². The molecule has 0 aliphatic carbocycles. The van der Waals surface area contributed by atoms with E-state index in [1.165, 1.54) is 0 Å². The van der Waals surface area contributed by atoms with E-state index in [-0.39, 0.29) is 18.4 Å². The molecular weight excluding hydrogens is 451 g/mol. The molecule has 176 valence electrons. The number of fused-ring (bicyclic) bond motifs is 1. The fraction of sp³-hybridized carbons (Fsp3) is 0.185. The van der Waals surface area contributed by atoms with Crippen LogP contribution in [0.5, 0.6) is 11.5 Å².